The molecule has 0 N–H and O–H groups in total. The summed E-state index contributed by atoms with van der Waals surface area (Å²) in [5, 5.41) is 6.54. The van der Waals surface area contributed by atoms with E-state index in [1.165, 1.54) is 0 Å². The molecular weight excluding hydrogens is 320 g/mol. The summed E-state index contributed by atoms with van der Waals surface area (Å²) >= 11 is 1.59. The van der Waals surface area contributed by atoms with Gasteiger partial charge in [-0.2, -0.15) is 0 Å². The minimum atomic E-state index is -0.0764. The molecule has 1 aromatic carbocycles. The van der Waals surface area contributed by atoms with Crippen LogP contribution in [0, 0.1) is 0 Å². The fourth-order valence-electron chi connectivity index (χ4n) is 2.80. The molecule has 1 saturated carbocycles. The third kappa shape index (κ3) is 2.73. The van der Waals surface area contributed by atoms with Crippen molar-refractivity contribution in [1.82, 2.24) is 19.7 Å². The average molecular weight is 338 g/mol. The molecule has 1 aliphatic rings. The monoisotopic (exact) mass is 338 g/mol. The Hall–Kier alpha value is -2.47. The van der Waals surface area contributed by atoms with Gasteiger partial charge in [-0.3, -0.25) is 4.79 Å². The lowest BCUT2D eigenvalue weighted by atomic mass is 10.3. The van der Waals surface area contributed by atoms with Crippen LogP contribution in [0.25, 0.3) is 16.4 Å². The summed E-state index contributed by atoms with van der Waals surface area (Å²) in [5.41, 5.74) is 0.905. The number of aromatic nitrogens is 3. The molecule has 1 amide bonds. The highest BCUT2D eigenvalue weighted by Crippen LogP contribution is 2.29. The van der Waals surface area contributed by atoms with Crippen LogP contribution < -0.4 is 0 Å². The standard InChI is InChI=1S/C18H18N4OS/c1-2-21(13-10-11-13)18(23)16-19-17(15-9-6-12-24-15)22(20-16)14-7-4-3-5-8-14/h3-9,12-13H,2,10-11H2,1H3. The van der Waals surface area contributed by atoms with Gasteiger partial charge in [-0.05, 0) is 43.3 Å². The molecule has 0 aliphatic heterocycles. The zero-order chi connectivity index (χ0) is 16.5. The summed E-state index contributed by atoms with van der Waals surface area (Å²) < 4.78 is 1.76. The minimum Gasteiger partial charge on any atom is -0.333 e. The van der Waals surface area contributed by atoms with Crippen LogP contribution in [0.4, 0.5) is 0 Å². The van der Waals surface area contributed by atoms with E-state index in [0.717, 1.165) is 23.4 Å². The Kier molecular flexibility index (Phi) is 3.90. The number of rotatable bonds is 5. The quantitative estimate of drug-likeness (QED) is 0.714. The summed E-state index contributed by atoms with van der Waals surface area (Å²) in [4.78, 5) is 20.3. The lowest BCUT2D eigenvalue weighted by Crippen LogP contribution is -2.33. The molecule has 2 heterocycles. The average Bonchev–Trinajstić information content (AvgIpc) is 3.14. The van der Waals surface area contributed by atoms with E-state index in [9.17, 15) is 4.79 Å². The van der Waals surface area contributed by atoms with Gasteiger partial charge in [0, 0.05) is 12.6 Å². The Balaban J connectivity index is 1.78. The number of hydrogen-bond acceptors (Lipinski definition) is 4. The number of thiophene rings is 1. The van der Waals surface area contributed by atoms with E-state index >= 15 is 0 Å². The number of carbonyl (C=O) groups is 1. The van der Waals surface area contributed by atoms with Gasteiger partial charge in [0.15, 0.2) is 5.82 Å². The molecule has 4 rings (SSSR count). The number of para-hydroxylation sites is 1. The van der Waals surface area contributed by atoms with Gasteiger partial charge in [-0.1, -0.05) is 24.3 Å². The Labute approximate surface area is 144 Å². The molecule has 0 unspecified atom stereocenters. The summed E-state index contributed by atoms with van der Waals surface area (Å²) in [7, 11) is 0. The van der Waals surface area contributed by atoms with E-state index in [0.29, 0.717) is 18.4 Å². The van der Waals surface area contributed by atoms with Crippen molar-refractivity contribution in [2.75, 3.05) is 6.54 Å². The van der Waals surface area contributed by atoms with Crippen molar-refractivity contribution in [3.05, 3.63) is 53.7 Å². The number of carbonyl (C=O) groups excluding carboxylic acids is 1. The highest BCUT2D eigenvalue weighted by atomic mass is 32.1. The van der Waals surface area contributed by atoms with Crippen LogP contribution in [0.1, 0.15) is 30.4 Å². The van der Waals surface area contributed by atoms with E-state index in [2.05, 4.69) is 10.1 Å². The minimum absolute atomic E-state index is 0.0764. The van der Waals surface area contributed by atoms with Crippen LogP contribution in [0.15, 0.2) is 47.8 Å². The first-order valence-corrected chi connectivity index (χ1v) is 9.03. The zero-order valence-electron chi connectivity index (χ0n) is 13.4. The normalized spacial score (nSPS) is 13.9. The molecule has 122 valence electrons. The number of amides is 1. The molecule has 24 heavy (non-hydrogen) atoms. The van der Waals surface area contributed by atoms with Crippen molar-refractivity contribution in [3.63, 3.8) is 0 Å². The van der Waals surface area contributed by atoms with Crippen LogP contribution in [-0.2, 0) is 0 Å². The van der Waals surface area contributed by atoms with E-state index in [-0.39, 0.29) is 11.7 Å². The maximum absolute atomic E-state index is 12.8. The van der Waals surface area contributed by atoms with Gasteiger partial charge in [-0.15, -0.1) is 16.4 Å². The van der Waals surface area contributed by atoms with Gasteiger partial charge in [0.05, 0.1) is 10.6 Å². The highest BCUT2D eigenvalue weighted by Gasteiger charge is 2.34. The van der Waals surface area contributed by atoms with Crippen LogP contribution in [0.3, 0.4) is 0 Å². The van der Waals surface area contributed by atoms with Crippen LogP contribution in [0.5, 0.6) is 0 Å². The third-order valence-corrected chi connectivity index (χ3v) is 5.00. The number of nitrogens with zero attached hydrogens (tertiary/aromatic N) is 4. The second-order valence-corrected chi connectivity index (χ2v) is 6.75. The first kappa shape index (κ1) is 15.1. The summed E-state index contributed by atoms with van der Waals surface area (Å²) in [6.07, 6.45) is 2.16. The molecular formula is C18H18N4OS. The Morgan fingerprint density at radius 2 is 2.04 bits per heavy atom. The maximum atomic E-state index is 12.8. The van der Waals surface area contributed by atoms with Crippen molar-refractivity contribution in [2.24, 2.45) is 0 Å². The molecule has 6 heteroatoms. The maximum Gasteiger partial charge on any atom is 0.293 e. The molecule has 0 saturated heterocycles. The van der Waals surface area contributed by atoms with Gasteiger partial charge in [0.2, 0.25) is 5.82 Å². The van der Waals surface area contributed by atoms with Gasteiger partial charge < -0.3 is 4.90 Å². The van der Waals surface area contributed by atoms with Crippen molar-refractivity contribution in [3.8, 4) is 16.4 Å². The Morgan fingerprint density at radius 1 is 1.25 bits per heavy atom. The number of hydrogen-bond donors (Lipinski definition) is 0. The zero-order valence-corrected chi connectivity index (χ0v) is 14.2. The molecule has 5 nitrogen and oxygen atoms in total. The van der Waals surface area contributed by atoms with Gasteiger partial charge in [-0.25, -0.2) is 9.67 Å². The van der Waals surface area contributed by atoms with Crippen molar-refractivity contribution in [2.45, 2.75) is 25.8 Å². The largest absolute Gasteiger partial charge is 0.333 e. The van der Waals surface area contributed by atoms with E-state index < -0.39 is 0 Å². The van der Waals surface area contributed by atoms with E-state index in [4.69, 9.17) is 0 Å². The predicted molar refractivity (Wildman–Crippen MR) is 94.4 cm³/mol. The lowest BCUT2D eigenvalue weighted by Gasteiger charge is -2.17. The van der Waals surface area contributed by atoms with E-state index in [1.54, 1.807) is 16.0 Å². The van der Waals surface area contributed by atoms with Crippen LogP contribution in [-0.4, -0.2) is 38.2 Å². The van der Waals surface area contributed by atoms with Crippen molar-refractivity contribution >= 4 is 17.2 Å². The first-order valence-electron chi connectivity index (χ1n) is 8.15. The predicted octanol–water partition coefficient (Wildman–Crippen LogP) is 3.62. The van der Waals surface area contributed by atoms with Crippen LogP contribution >= 0.6 is 11.3 Å². The SMILES string of the molecule is CCN(C(=O)c1nc(-c2cccs2)n(-c2ccccc2)n1)C1CC1. The second kappa shape index (κ2) is 6.20. The smallest absolute Gasteiger partial charge is 0.293 e. The molecule has 0 radical (unpaired) electrons. The molecule has 2 aromatic heterocycles. The third-order valence-electron chi connectivity index (χ3n) is 4.13. The number of benzene rings is 1. The molecule has 0 atom stereocenters. The van der Waals surface area contributed by atoms with Gasteiger partial charge in [0.1, 0.15) is 0 Å². The van der Waals surface area contributed by atoms with Gasteiger partial charge >= 0.3 is 0 Å². The fraction of sp³-hybridized carbons (Fsp3) is 0.278. The van der Waals surface area contributed by atoms with E-state index in [1.807, 2.05) is 59.7 Å². The molecule has 1 aliphatic carbocycles. The van der Waals surface area contributed by atoms with Crippen LogP contribution in [0.2, 0.25) is 0 Å². The summed E-state index contributed by atoms with van der Waals surface area (Å²) in [6.45, 7) is 2.70. The second-order valence-electron chi connectivity index (χ2n) is 5.81. The summed E-state index contributed by atoms with van der Waals surface area (Å²) in [6, 6.07) is 14.2. The molecule has 1 fully saturated rings. The summed E-state index contributed by atoms with van der Waals surface area (Å²) in [5.74, 6) is 0.912. The van der Waals surface area contributed by atoms with Crippen molar-refractivity contribution in [1.29, 1.82) is 0 Å². The van der Waals surface area contributed by atoms with Gasteiger partial charge in [0.25, 0.3) is 5.91 Å². The lowest BCUT2D eigenvalue weighted by molar-refractivity contribution is 0.0740. The fourth-order valence-corrected chi connectivity index (χ4v) is 3.50. The molecule has 0 bridgehead atoms. The first-order chi connectivity index (χ1) is 11.8. The Morgan fingerprint density at radius 3 is 2.67 bits per heavy atom. The molecule has 0 spiro atoms. The van der Waals surface area contributed by atoms with Crippen molar-refractivity contribution < 1.29 is 4.79 Å². The highest BCUT2D eigenvalue weighted by molar-refractivity contribution is 7.13. The molecule has 3 aromatic rings. The topological polar surface area (TPSA) is 51.0 Å². The Bertz CT molecular complexity index is 837.